The first-order valence-electron chi connectivity index (χ1n) is 9.94. The Morgan fingerprint density at radius 1 is 1.06 bits per heavy atom. The molecule has 2 N–H and O–H groups in total. The number of carbonyl (C=O) groups is 1. The molecule has 0 radical (unpaired) electrons. The number of amides is 2. The van der Waals surface area contributed by atoms with Gasteiger partial charge in [-0.15, -0.1) is 0 Å². The molecule has 2 aromatic carbocycles. The number of pyridine rings is 1. The lowest BCUT2D eigenvalue weighted by atomic mass is 10.2. The van der Waals surface area contributed by atoms with Crippen molar-refractivity contribution in [2.75, 3.05) is 10.6 Å². The van der Waals surface area contributed by atoms with Gasteiger partial charge in [-0.25, -0.2) is 9.78 Å². The van der Waals surface area contributed by atoms with Gasteiger partial charge in [0.2, 0.25) is 0 Å². The minimum absolute atomic E-state index is 0.124. The molecule has 8 heteroatoms. The van der Waals surface area contributed by atoms with Crippen LogP contribution < -0.4 is 20.9 Å². The highest BCUT2D eigenvalue weighted by Gasteiger charge is 2.10. The average Bonchev–Trinajstić information content (AvgIpc) is 2.77. The summed E-state index contributed by atoms with van der Waals surface area (Å²) in [6.45, 7) is 3.86. The third-order valence-electron chi connectivity index (χ3n) is 4.96. The van der Waals surface area contributed by atoms with Gasteiger partial charge in [-0.1, -0.05) is 29.8 Å². The molecule has 4 aromatic rings. The molecule has 2 amide bonds. The number of halogens is 1. The first kappa shape index (κ1) is 21.4. The molecule has 2 aromatic heterocycles. The number of urea groups is 1. The van der Waals surface area contributed by atoms with Crippen molar-refractivity contribution >= 4 is 34.7 Å². The summed E-state index contributed by atoms with van der Waals surface area (Å²) in [5.41, 5.74) is 3.78. The summed E-state index contributed by atoms with van der Waals surface area (Å²) in [5.74, 6) is 0.580. The molecule has 7 nitrogen and oxygen atoms in total. The summed E-state index contributed by atoms with van der Waals surface area (Å²) in [6.07, 6.45) is 1.67. The summed E-state index contributed by atoms with van der Waals surface area (Å²) in [7, 11) is 0. The number of aryl methyl sites for hydroxylation is 1. The Morgan fingerprint density at radius 3 is 2.75 bits per heavy atom. The zero-order valence-electron chi connectivity index (χ0n) is 17.6. The third kappa shape index (κ3) is 4.73. The number of nitrogens with zero attached hydrogens (tertiary/aromatic N) is 2. The van der Waals surface area contributed by atoms with Gasteiger partial charge in [0.25, 0.3) is 5.56 Å². The van der Waals surface area contributed by atoms with Crippen LogP contribution >= 0.6 is 11.6 Å². The molecule has 0 aliphatic heterocycles. The maximum atomic E-state index is 12.4. The van der Waals surface area contributed by atoms with E-state index < -0.39 is 6.03 Å². The highest BCUT2D eigenvalue weighted by Crippen LogP contribution is 2.25. The smallest absolute Gasteiger partial charge is 0.323 e. The first-order chi connectivity index (χ1) is 15.4. The van der Waals surface area contributed by atoms with Crippen LogP contribution in [0.5, 0.6) is 5.75 Å². The lowest BCUT2D eigenvalue weighted by Crippen LogP contribution is -2.20. The number of benzene rings is 2. The van der Waals surface area contributed by atoms with Crippen LogP contribution in [-0.4, -0.2) is 15.4 Å². The molecule has 0 aliphatic carbocycles. The lowest BCUT2D eigenvalue weighted by molar-refractivity contribution is 0.262. The molecule has 162 valence electrons. The molecular formula is C24H21ClN4O3. The Morgan fingerprint density at radius 2 is 1.91 bits per heavy atom. The molecule has 32 heavy (non-hydrogen) atoms. The quantitative estimate of drug-likeness (QED) is 0.440. The predicted molar refractivity (Wildman–Crippen MR) is 126 cm³/mol. The number of carbonyl (C=O) groups excluding carboxylic acids is 1. The van der Waals surface area contributed by atoms with E-state index in [1.165, 1.54) is 10.5 Å². The van der Waals surface area contributed by atoms with E-state index in [0.29, 0.717) is 33.5 Å². The number of nitrogens with one attached hydrogen (secondary N) is 2. The van der Waals surface area contributed by atoms with E-state index in [9.17, 15) is 9.59 Å². The standard InChI is InChI=1S/C24H21ClN4O3/c1-15-9-10-17(27-24(31)28-20-7-5-6-19(25)16(20)2)12-21(15)32-14-18-13-23(30)29-11-4-3-8-22(29)26-18/h3-13H,14H2,1-2H3,(H2,27,28,31). The summed E-state index contributed by atoms with van der Waals surface area (Å²) in [5, 5.41) is 6.17. The van der Waals surface area contributed by atoms with E-state index in [-0.39, 0.29) is 12.2 Å². The van der Waals surface area contributed by atoms with Crippen molar-refractivity contribution in [2.45, 2.75) is 20.5 Å². The average molecular weight is 449 g/mol. The van der Waals surface area contributed by atoms with Gasteiger partial charge in [-0.2, -0.15) is 0 Å². The van der Waals surface area contributed by atoms with Crippen molar-refractivity contribution < 1.29 is 9.53 Å². The van der Waals surface area contributed by atoms with Crippen LogP contribution in [0.15, 0.2) is 71.7 Å². The summed E-state index contributed by atoms with van der Waals surface area (Å²) in [6, 6.07) is 17.1. The van der Waals surface area contributed by atoms with Crippen molar-refractivity contribution in [1.29, 1.82) is 0 Å². The number of aromatic nitrogens is 2. The fourth-order valence-corrected chi connectivity index (χ4v) is 3.36. The topological polar surface area (TPSA) is 84.7 Å². The Hall–Kier alpha value is -3.84. The van der Waals surface area contributed by atoms with Crippen molar-refractivity contribution in [3.8, 4) is 5.75 Å². The van der Waals surface area contributed by atoms with Crippen LogP contribution in [-0.2, 0) is 6.61 Å². The molecule has 2 heterocycles. The molecule has 0 atom stereocenters. The maximum absolute atomic E-state index is 12.4. The van der Waals surface area contributed by atoms with Crippen LogP contribution in [0.2, 0.25) is 5.02 Å². The first-order valence-corrected chi connectivity index (χ1v) is 10.3. The van der Waals surface area contributed by atoms with Gasteiger partial charge >= 0.3 is 6.03 Å². The van der Waals surface area contributed by atoms with E-state index >= 15 is 0 Å². The monoisotopic (exact) mass is 448 g/mol. The second-order valence-corrected chi connectivity index (χ2v) is 7.68. The predicted octanol–water partition coefficient (Wildman–Crippen LogP) is 5.19. The van der Waals surface area contributed by atoms with Crippen LogP contribution in [0.1, 0.15) is 16.8 Å². The third-order valence-corrected chi connectivity index (χ3v) is 5.37. The molecular weight excluding hydrogens is 428 g/mol. The molecule has 0 saturated carbocycles. The summed E-state index contributed by atoms with van der Waals surface area (Å²) >= 11 is 6.11. The van der Waals surface area contributed by atoms with Crippen molar-refractivity contribution in [3.05, 3.63) is 99.1 Å². The normalized spacial score (nSPS) is 10.7. The molecule has 0 bridgehead atoms. The zero-order valence-corrected chi connectivity index (χ0v) is 18.3. The SMILES string of the molecule is Cc1ccc(NC(=O)Nc2cccc(Cl)c2C)cc1OCc1cc(=O)n2ccccc2n1. The fraction of sp³-hybridized carbons (Fsp3) is 0.125. The van der Waals surface area contributed by atoms with Crippen molar-refractivity contribution in [3.63, 3.8) is 0 Å². The highest BCUT2D eigenvalue weighted by atomic mass is 35.5. The number of hydrogen-bond acceptors (Lipinski definition) is 4. The van der Waals surface area contributed by atoms with E-state index in [2.05, 4.69) is 15.6 Å². The van der Waals surface area contributed by atoms with E-state index in [1.807, 2.05) is 26.0 Å². The Balaban J connectivity index is 1.46. The molecule has 0 spiro atoms. The zero-order chi connectivity index (χ0) is 22.7. The Bertz CT molecular complexity index is 1370. The minimum atomic E-state index is -0.394. The number of rotatable bonds is 5. The largest absolute Gasteiger partial charge is 0.487 e. The second-order valence-electron chi connectivity index (χ2n) is 7.28. The van der Waals surface area contributed by atoms with Crippen LogP contribution in [0.3, 0.4) is 0 Å². The van der Waals surface area contributed by atoms with Crippen LogP contribution in [0.4, 0.5) is 16.2 Å². The van der Waals surface area contributed by atoms with Gasteiger partial charge in [-0.3, -0.25) is 9.20 Å². The summed E-state index contributed by atoms with van der Waals surface area (Å²) < 4.78 is 7.37. The Kier molecular flexibility index (Phi) is 6.09. The summed E-state index contributed by atoms with van der Waals surface area (Å²) in [4.78, 5) is 29.1. The van der Waals surface area contributed by atoms with E-state index in [0.717, 1.165) is 11.1 Å². The number of fused-ring (bicyclic) bond motifs is 1. The molecule has 4 rings (SSSR count). The van der Waals surface area contributed by atoms with E-state index in [1.54, 1.807) is 48.7 Å². The molecule has 0 unspecified atom stereocenters. The van der Waals surface area contributed by atoms with E-state index in [4.69, 9.17) is 16.3 Å². The van der Waals surface area contributed by atoms with Gasteiger partial charge < -0.3 is 15.4 Å². The maximum Gasteiger partial charge on any atom is 0.323 e. The van der Waals surface area contributed by atoms with Gasteiger partial charge in [0.15, 0.2) is 0 Å². The highest BCUT2D eigenvalue weighted by molar-refractivity contribution is 6.31. The lowest BCUT2D eigenvalue weighted by Gasteiger charge is -2.13. The fourth-order valence-electron chi connectivity index (χ4n) is 3.19. The van der Waals surface area contributed by atoms with Gasteiger partial charge in [0.1, 0.15) is 18.0 Å². The molecule has 0 saturated heterocycles. The minimum Gasteiger partial charge on any atom is -0.487 e. The number of anilines is 2. The van der Waals surface area contributed by atoms with Crippen LogP contribution in [0, 0.1) is 13.8 Å². The van der Waals surface area contributed by atoms with Crippen molar-refractivity contribution in [1.82, 2.24) is 9.38 Å². The van der Waals surface area contributed by atoms with Gasteiger partial charge in [0.05, 0.1) is 5.69 Å². The molecule has 0 fully saturated rings. The number of ether oxygens (including phenoxy) is 1. The van der Waals surface area contributed by atoms with Gasteiger partial charge in [0, 0.05) is 34.7 Å². The number of hydrogen-bond donors (Lipinski definition) is 2. The van der Waals surface area contributed by atoms with Crippen molar-refractivity contribution in [2.24, 2.45) is 0 Å². The molecule has 0 aliphatic rings. The van der Waals surface area contributed by atoms with Crippen LogP contribution in [0.25, 0.3) is 5.65 Å². The second kappa shape index (κ2) is 9.11. The Labute approximate surface area is 189 Å². The van der Waals surface area contributed by atoms with Gasteiger partial charge in [-0.05, 0) is 55.3 Å².